The monoisotopic (exact) mass is 390 g/mol. The lowest BCUT2D eigenvalue weighted by molar-refractivity contribution is -0.118. The van der Waals surface area contributed by atoms with Crippen molar-refractivity contribution < 1.29 is 18.3 Å². The highest BCUT2D eigenvalue weighted by molar-refractivity contribution is 7.99. The first kappa shape index (κ1) is 19.0. The molecule has 0 aliphatic rings. The van der Waals surface area contributed by atoms with Crippen LogP contribution in [0.3, 0.4) is 0 Å². The third-order valence-corrected chi connectivity index (χ3v) is 4.70. The Kier molecular flexibility index (Phi) is 6.48. The minimum Gasteiger partial charge on any atom is -0.494 e. The number of benzene rings is 1. The molecule has 0 aliphatic heterocycles. The fourth-order valence-electron chi connectivity index (χ4n) is 2.35. The molecule has 2 aromatic heterocycles. The van der Waals surface area contributed by atoms with E-state index in [0.29, 0.717) is 35.6 Å². The Balaban J connectivity index is 1.55. The predicted molar refractivity (Wildman–Crippen MR) is 98.8 cm³/mol. The van der Waals surface area contributed by atoms with Crippen LogP contribution < -0.4 is 10.5 Å². The minimum atomic E-state index is -0.391. The standard InChI is InChI=1S/C18H19FN4O3S/c19-13-4-6-14(7-5-13)25-11-2-12-27-18-22-21-17(15-3-1-10-26-15)23(18)9-8-16(20)24/h1,3-7,10H,2,8-9,11-12H2,(H2,20,24). The highest BCUT2D eigenvalue weighted by Gasteiger charge is 2.16. The molecule has 0 spiro atoms. The van der Waals surface area contributed by atoms with Gasteiger partial charge in [0.05, 0.1) is 12.9 Å². The van der Waals surface area contributed by atoms with E-state index in [4.69, 9.17) is 14.9 Å². The summed E-state index contributed by atoms with van der Waals surface area (Å²) in [5, 5.41) is 9.05. The molecule has 0 radical (unpaired) electrons. The summed E-state index contributed by atoms with van der Waals surface area (Å²) in [5.74, 6) is 1.84. The molecule has 0 unspecified atom stereocenters. The Hall–Kier alpha value is -2.81. The second-order valence-corrected chi connectivity index (χ2v) is 6.72. The quantitative estimate of drug-likeness (QED) is 0.422. The molecule has 142 valence electrons. The molecule has 0 atom stereocenters. The van der Waals surface area contributed by atoms with E-state index >= 15 is 0 Å². The van der Waals surface area contributed by atoms with Crippen molar-refractivity contribution in [2.45, 2.75) is 24.5 Å². The molecule has 0 saturated carbocycles. The fourth-order valence-corrected chi connectivity index (χ4v) is 3.23. The first-order valence-electron chi connectivity index (χ1n) is 8.40. The van der Waals surface area contributed by atoms with Crippen LogP contribution in [0.1, 0.15) is 12.8 Å². The number of nitrogens with two attached hydrogens (primary N) is 1. The Labute approximate surface area is 159 Å². The molecule has 9 heteroatoms. The van der Waals surface area contributed by atoms with Crippen molar-refractivity contribution in [2.75, 3.05) is 12.4 Å². The summed E-state index contributed by atoms with van der Waals surface area (Å²) in [6.45, 7) is 0.881. The van der Waals surface area contributed by atoms with Gasteiger partial charge in [-0.1, -0.05) is 11.8 Å². The first-order chi connectivity index (χ1) is 13.1. The Morgan fingerprint density at radius 2 is 2.07 bits per heavy atom. The van der Waals surface area contributed by atoms with Crippen LogP contribution in [0.25, 0.3) is 11.6 Å². The van der Waals surface area contributed by atoms with Gasteiger partial charge in [-0.15, -0.1) is 10.2 Å². The number of furan rings is 1. The van der Waals surface area contributed by atoms with Crippen LogP contribution in [-0.4, -0.2) is 33.0 Å². The van der Waals surface area contributed by atoms with Gasteiger partial charge in [0.1, 0.15) is 11.6 Å². The van der Waals surface area contributed by atoms with E-state index in [0.717, 1.165) is 12.2 Å². The minimum absolute atomic E-state index is 0.187. The number of halogens is 1. The van der Waals surface area contributed by atoms with Crippen molar-refractivity contribution in [1.29, 1.82) is 0 Å². The van der Waals surface area contributed by atoms with Crippen LogP contribution >= 0.6 is 11.8 Å². The Morgan fingerprint density at radius 3 is 2.78 bits per heavy atom. The number of carbonyl (C=O) groups excluding carboxylic acids is 1. The number of thioether (sulfide) groups is 1. The Bertz CT molecular complexity index is 865. The molecule has 3 aromatic rings. The average molecular weight is 390 g/mol. The van der Waals surface area contributed by atoms with Crippen LogP contribution in [0.5, 0.6) is 5.75 Å². The first-order valence-corrected chi connectivity index (χ1v) is 9.38. The van der Waals surface area contributed by atoms with E-state index in [-0.39, 0.29) is 12.2 Å². The molecular formula is C18H19FN4O3S. The third kappa shape index (κ3) is 5.33. The van der Waals surface area contributed by atoms with Crippen molar-refractivity contribution in [3.63, 3.8) is 0 Å². The Morgan fingerprint density at radius 1 is 1.26 bits per heavy atom. The number of hydrogen-bond donors (Lipinski definition) is 1. The van der Waals surface area contributed by atoms with E-state index in [1.165, 1.54) is 23.9 Å². The summed E-state index contributed by atoms with van der Waals surface area (Å²) in [4.78, 5) is 11.2. The van der Waals surface area contributed by atoms with Gasteiger partial charge in [0.25, 0.3) is 0 Å². The molecule has 27 heavy (non-hydrogen) atoms. The van der Waals surface area contributed by atoms with Gasteiger partial charge in [-0.05, 0) is 42.8 Å². The highest BCUT2D eigenvalue weighted by atomic mass is 32.2. The maximum atomic E-state index is 12.9. The predicted octanol–water partition coefficient (Wildman–Crippen LogP) is 3.11. The van der Waals surface area contributed by atoms with Gasteiger partial charge in [-0.2, -0.15) is 0 Å². The number of rotatable bonds is 10. The van der Waals surface area contributed by atoms with Crippen molar-refractivity contribution in [3.8, 4) is 17.3 Å². The van der Waals surface area contributed by atoms with Crippen LogP contribution in [0, 0.1) is 5.82 Å². The fraction of sp³-hybridized carbons (Fsp3) is 0.278. The van der Waals surface area contributed by atoms with Gasteiger partial charge in [-0.3, -0.25) is 9.36 Å². The third-order valence-electron chi connectivity index (χ3n) is 3.64. The molecular weight excluding hydrogens is 371 g/mol. The van der Waals surface area contributed by atoms with Gasteiger partial charge in [0.15, 0.2) is 16.7 Å². The summed E-state index contributed by atoms with van der Waals surface area (Å²) in [5.41, 5.74) is 5.27. The van der Waals surface area contributed by atoms with E-state index in [1.807, 2.05) is 4.57 Å². The molecule has 0 saturated heterocycles. The number of primary amides is 1. The SMILES string of the molecule is NC(=O)CCn1c(SCCCOc2ccc(F)cc2)nnc1-c1ccco1. The van der Waals surface area contributed by atoms with Gasteiger partial charge in [0.2, 0.25) is 5.91 Å². The van der Waals surface area contributed by atoms with Crippen molar-refractivity contribution in [2.24, 2.45) is 5.73 Å². The van der Waals surface area contributed by atoms with Gasteiger partial charge in [0, 0.05) is 18.7 Å². The smallest absolute Gasteiger partial charge is 0.219 e. The number of amides is 1. The molecule has 3 rings (SSSR count). The van der Waals surface area contributed by atoms with Gasteiger partial charge < -0.3 is 14.9 Å². The average Bonchev–Trinajstić information content (AvgIpc) is 3.30. The summed E-state index contributed by atoms with van der Waals surface area (Å²) < 4.78 is 25.6. The van der Waals surface area contributed by atoms with Crippen LogP contribution in [-0.2, 0) is 11.3 Å². The number of aromatic nitrogens is 3. The number of nitrogens with zero attached hydrogens (tertiary/aromatic N) is 3. The second-order valence-electron chi connectivity index (χ2n) is 5.66. The molecule has 7 nitrogen and oxygen atoms in total. The van der Waals surface area contributed by atoms with Crippen LogP contribution in [0.4, 0.5) is 4.39 Å². The van der Waals surface area contributed by atoms with Crippen LogP contribution in [0.15, 0.2) is 52.2 Å². The zero-order valence-corrected chi connectivity index (χ0v) is 15.3. The largest absolute Gasteiger partial charge is 0.494 e. The lowest BCUT2D eigenvalue weighted by Gasteiger charge is -2.08. The molecule has 2 heterocycles. The molecule has 2 N–H and O–H groups in total. The molecule has 1 aromatic carbocycles. The van der Waals surface area contributed by atoms with Crippen molar-refractivity contribution in [3.05, 3.63) is 48.5 Å². The van der Waals surface area contributed by atoms with E-state index in [9.17, 15) is 9.18 Å². The summed E-state index contributed by atoms with van der Waals surface area (Å²) in [6.07, 6.45) is 2.51. The zero-order chi connectivity index (χ0) is 19.1. The van der Waals surface area contributed by atoms with E-state index < -0.39 is 5.91 Å². The lowest BCUT2D eigenvalue weighted by atomic mass is 10.3. The topological polar surface area (TPSA) is 96.2 Å². The maximum absolute atomic E-state index is 12.9. The van der Waals surface area contributed by atoms with Gasteiger partial charge >= 0.3 is 0 Å². The highest BCUT2D eigenvalue weighted by Crippen LogP contribution is 2.25. The summed E-state index contributed by atoms with van der Waals surface area (Å²) in [7, 11) is 0. The summed E-state index contributed by atoms with van der Waals surface area (Å²) >= 11 is 1.51. The second kappa shape index (κ2) is 9.22. The number of hydrogen-bond acceptors (Lipinski definition) is 6. The van der Waals surface area contributed by atoms with E-state index in [1.54, 1.807) is 30.5 Å². The van der Waals surface area contributed by atoms with Crippen molar-refractivity contribution in [1.82, 2.24) is 14.8 Å². The van der Waals surface area contributed by atoms with Gasteiger partial charge in [-0.25, -0.2) is 4.39 Å². The lowest BCUT2D eigenvalue weighted by Crippen LogP contribution is -2.15. The van der Waals surface area contributed by atoms with E-state index in [2.05, 4.69) is 10.2 Å². The van der Waals surface area contributed by atoms with Crippen LogP contribution in [0.2, 0.25) is 0 Å². The summed E-state index contributed by atoms with van der Waals surface area (Å²) in [6, 6.07) is 9.47. The number of carbonyl (C=O) groups is 1. The maximum Gasteiger partial charge on any atom is 0.219 e. The molecule has 0 aliphatic carbocycles. The normalized spacial score (nSPS) is 10.9. The van der Waals surface area contributed by atoms with Crippen molar-refractivity contribution >= 4 is 17.7 Å². The molecule has 0 fully saturated rings. The molecule has 0 bridgehead atoms. The molecule has 1 amide bonds. The zero-order valence-electron chi connectivity index (χ0n) is 14.5. The number of ether oxygens (including phenoxy) is 1.